The minimum absolute atomic E-state index is 0.185. The first-order chi connectivity index (χ1) is 8.79. The number of hydrogen-bond donors (Lipinski definition) is 1. The average molecular weight is 240 g/mol. The zero-order valence-corrected chi connectivity index (χ0v) is 9.71. The Bertz CT molecular complexity index is 568. The summed E-state index contributed by atoms with van der Waals surface area (Å²) < 4.78 is 1.61. The van der Waals surface area contributed by atoms with Crippen molar-refractivity contribution in [1.82, 2.24) is 20.3 Å². The highest BCUT2D eigenvalue weighted by Crippen LogP contribution is 2.02. The van der Waals surface area contributed by atoms with E-state index < -0.39 is 0 Å². The average Bonchev–Trinajstić information content (AvgIpc) is 2.86. The molecule has 1 heterocycles. The Morgan fingerprint density at radius 1 is 1.39 bits per heavy atom. The third kappa shape index (κ3) is 2.95. The summed E-state index contributed by atoms with van der Waals surface area (Å²) in [5, 5.41) is 10.2. The van der Waals surface area contributed by atoms with Crippen LogP contribution >= 0.6 is 0 Å². The number of amides is 1. The predicted molar refractivity (Wildman–Crippen MR) is 66.7 cm³/mol. The molecule has 0 unspecified atom stereocenters. The number of nitrogens with one attached hydrogen (secondary N) is 1. The van der Waals surface area contributed by atoms with Crippen molar-refractivity contribution in [1.29, 1.82) is 0 Å². The van der Waals surface area contributed by atoms with Gasteiger partial charge in [-0.25, -0.2) is 4.68 Å². The number of hydrogen-bond acceptors (Lipinski definition) is 3. The second-order valence-corrected chi connectivity index (χ2v) is 3.67. The van der Waals surface area contributed by atoms with Gasteiger partial charge in [-0.1, -0.05) is 41.5 Å². The van der Waals surface area contributed by atoms with Gasteiger partial charge in [0, 0.05) is 0 Å². The third-order valence-corrected chi connectivity index (χ3v) is 2.31. The molecule has 0 bridgehead atoms. The number of aromatic nitrogens is 3. The smallest absolute Gasteiger partial charge is 0.274 e. The summed E-state index contributed by atoms with van der Waals surface area (Å²) in [5.74, 6) is 2.02. The van der Waals surface area contributed by atoms with Crippen molar-refractivity contribution in [3.63, 3.8) is 0 Å². The van der Waals surface area contributed by atoms with Crippen LogP contribution in [0.25, 0.3) is 0 Å². The molecule has 90 valence electrons. The van der Waals surface area contributed by atoms with Crippen LogP contribution < -0.4 is 5.32 Å². The van der Waals surface area contributed by atoms with Crippen LogP contribution in [-0.4, -0.2) is 27.4 Å². The zero-order chi connectivity index (χ0) is 12.8. The fourth-order valence-corrected chi connectivity index (χ4v) is 1.47. The quantitative estimate of drug-likeness (QED) is 0.800. The highest BCUT2D eigenvalue weighted by Gasteiger charge is 2.09. The number of carbonyl (C=O) groups is 1. The van der Waals surface area contributed by atoms with Crippen molar-refractivity contribution in [3.05, 3.63) is 47.8 Å². The van der Waals surface area contributed by atoms with Gasteiger partial charge in [0.25, 0.3) is 5.91 Å². The maximum absolute atomic E-state index is 11.5. The van der Waals surface area contributed by atoms with Crippen LogP contribution in [0.4, 0.5) is 0 Å². The van der Waals surface area contributed by atoms with Crippen molar-refractivity contribution < 1.29 is 4.79 Å². The highest BCUT2D eigenvalue weighted by atomic mass is 16.1. The Hall–Kier alpha value is -2.61. The molecule has 0 aliphatic heterocycles. The molecule has 0 saturated heterocycles. The molecule has 5 nitrogen and oxygen atoms in total. The lowest BCUT2D eigenvalue weighted by molar-refractivity contribution is 0.0953. The fraction of sp³-hybridized carbons (Fsp3) is 0.154. The molecule has 1 aromatic heterocycles. The molecular weight excluding hydrogens is 228 g/mol. The van der Waals surface area contributed by atoms with Gasteiger partial charge < -0.3 is 5.32 Å². The maximum atomic E-state index is 11.5. The maximum Gasteiger partial charge on any atom is 0.274 e. The molecule has 1 aromatic carbocycles. The summed E-state index contributed by atoms with van der Waals surface area (Å²) in [6.45, 7) is 0.765. The fourth-order valence-electron chi connectivity index (χ4n) is 1.47. The summed E-state index contributed by atoms with van der Waals surface area (Å²) >= 11 is 0. The predicted octanol–water partition coefficient (Wildman–Crippen LogP) is 0.689. The summed E-state index contributed by atoms with van der Waals surface area (Å²) in [5.41, 5.74) is 1.36. The van der Waals surface area contributed by atoms with Gasteiger partial charge in [-0.05, 0) is 5.56 Å². The third-order valence-electron chi connectivity index (χ3n) is 2.31. The van der Waals surface area contributed by atoms with E-state index in [2.05, 4.69) is 21.5 Å². The van der Waals surface area contributed by atoms with Crippen LogP contribution in [0.3, 0.4) is 0 Å². The lowest BCUT2D eigenvalue weighted by Gasteiger charge is -1.99. The molecule has 0 fully saturated rings. The Kier molecular flexibility index (Phi) is 3.72. The zero-order valence-electron chi connectivity index (χ0n) is 9.71. The summed E-state index contributed by atoms with van der Waals surface area (Å²) in [6, 6.07) is 9.82. The van der Waals surface area contributed by atoms with Crippen molar-refractivity contribution in [2.45, 2.75) is 6.54 Å². The lowest BCUT2D eigenvalue weighted by Crippen LogP contribution is -2.23. The van der Waals surface area contributed by atoms with Gasteiger partial charge in [-0.2, -0.15) is 0 Å². The van der Waals surface area contributed by atoms with Gasteiger partial charge in [0.15, 0.2) is 5.69 Å². The van der Waals surface area contributed by atoms with Gasteiger partial charge >= 0.3 is 0 Å². The first kappa shape index (κ1) is 11.9. The van der Waals surface area contributed by atoms with E-state index in [1.54, 1.807) is 10.9 Å². The molecule has 0 aliphatic rings. The molecule has 0 spiro atoms. The topological polar surface area (TPSA) is 59.8 Å². The van der Waals surface area contributed by atoms with Crippen molar-refractivity contribution in [3.8, 4) is 12.3 Å². The molecule has 0 aliphatic carbocycles. The Labute approximate surface area is 105 Å². The second-order valence-electron chi connectivity index (χ2n) is 3.67. The van der Waals surface area contributed by atoms with E-state index in [0.717, 1.165) is 5.56 Å². The van der Waals surface area contributed by atoms with E-state index in [1.807, 2.05) is 30.3 Å². The van der Waals surface area contributed by atoms with Crippen molar-refractivity contribution >= 4 is 5.91 Å². The molecule has 18 heavy (non-hydrogen) atoms. The molecular formula is C13H12N4O. The standard InChI is InChI=1S/C13H12N4O/c1-2-8-14-13(18)12-10-17(16-15-12)9-11-6-4-3-5-7-11/h1,3-7,10H,8-9H2,(H,14,18). The van der Waals surface area contributed by atoms with Crippen LogP contribution in [0.1, 0.15) is 16.1 Å². The molecule has 1 amide bonds. The number of carbonyl (C=O) groups excluding carboxylic acids is 1. The van der Waals surface area contributed by atoms with Gasteiger partial charge in [-0.3, -0.25) is 4.79 Å². The van der Waals surface area contributed by atoms with Gasteiger partial charge in [0.05, 0.1) is 19.3 Å². The van der Waals surface area contributed by atoms with Crippen molar-refractivity contribution in [2.24, 2.45) is 0 Å². The minimum Gasteiger partial charge on any atom is -0.340 e. The van der Waals surface area contributed by atoms with Gasteiger partial charge in [-0.15, -0.1) is 11.5 Å². The number of benzene rings is 1. The van der Waals surface area contributed by atoms with Crippen LogP contribution in [-0.2, 0) is 6.54 Å². The first-order valence-corrected chi connectivity index (χ1v) is 5.45. The molecule has 5 heteroatoms. The molecule has 2 aromatic rings. The molecule has 0 atom stereocenters. The highest BCUT2D eigenvalue weighted by molar-refractivity contribution is 5.91. The normalized spacial score (nSPS) is 9.72. The largest absolute Gasteiger partial charge is 0.340 e. The minimum atomic E-state index is -0.313. The van der Waals surface area contributed by atoms with E-state index in [0.29, 0.717) is 6.54 Å². The van der Waals surface area contributed by atoms with E-state index >= 15 is 0 Å². The lowest BCUT2D eigenvalue weighted by atomic mass is 10.2. The van der Waals surface area contributed by atoms with Crippen LogP contribution in [0.2, 0.25) is 0 Å². The number of nitrogens with zero attached hydrogens (tertiary/aromatic N) is 3. The van der Waals surface area contributed by atoms with E-state index in [9.17, 15) is 4.79 Å². The summed E-state index contributed by atoms with van der Waals surface area (Å²) in [4.78, 5) is 11.5. The Morgan fingerprint density at radius 3 is 2.89 bits per heavy atom. The van der Waals surface area contributed by atoms with Gasteiger partial charge in [0.2, 0.25) is 0 Å². The molecule has 0 saturated carbocycles. The summed E-state index contributed by atoms with van der Waals surface area (Å²) in [6.07, 6.45) is 6.65. The van der Waals surface area contributed by atoms with E-state index in [1.165, 1.54) is 0 Å². The Balaban J connectivity index is 2.03. The van der Waals surface area contributed by atoms with E-state index in [4.69, 9.17) is 6.42 Å². The molecule has 2 rings (SSSR count). The Morgan fingerprint density at radius 2 is 2.17 bits per heavy atom. The first-order valence-electron chi connectivity index (χ1n) is 5.45. The monoisotopic (exact) mass is 240 g/mol. The van der Waals surface area contributed by atoms with Crippen LogP contribution in [0, 0.1) is 12.3 Å². The second kappa shape index (κ2) is 5.64. The molecule has 1 N–H and O–H groups in total. The van der Waals surface area contributed by atoms with Crippen LogP contribution in [0.5, 0.6) is 0 Å². The molecule has 0 radical (unpaired) electrons. The number of terminal acetylenes is 1. The van der Waals surface area contributed by atoms with Crippen molar-refractivity contribution in [2.75, 3.05) is 6.54 Å². The van der Waals surface area contributed by atoms with Gasteiger partial charge in [0.1, 0.15) is 0 Å². The van der Waals surface area contributed by atoms with E-state index in [-0.39, 0.29) is 18.1 Å². The number of rotatable bonds is 4. The summed E-state index contributed by atoms with van der Waals surface area (Å²) in [7, 11) is 0. The van der Waals surface area contributed by atoms with Crippen LogP contribution in [0.15, 0.2) is 36.5 Å². The SMILES string of the molecule is C#CCNC(=O)c1cn(Cc2ccccc2)nn1.